The van der Waals surface area contributed by atoms with E-state index in [1.165, 1.54) is 12.5 Å². The topological polar surface area (TPSA) is 75.6 Å². The Bertz CT molecular complexity index is 682. The Hall–Kier alpha value is -0.820. The van der Waals surface area contributed by atoms with E-state index in [1.54, 1.807) is 12.1 Å². The molecule has 2 fully saturated rings. The van der Waals surface area contributed by atoms with Crippen LogP contribution >= 0.6 is 11.6 Å². The first-order valence-corrected chi connectivity index (χ1v) is 10.9. The van der Waals surface area contributed by atoms with E-state index in [9.17, 15) is 13.5 Å². The first-order valence-electron chi connectivity index (χ1n) is 9.03. The number of hydrogen-bond donors (Lipinski definition) is 2. The molecule has 7 heteroatoms. The molecule has 1 aromatic carbocycles. The highest BCUT2D eigenvalue weighted by Gasteiger charge is 2.28. The maximum Gasteiger partial charge on any atom is 0.244 e. The van der Waals surface area contributed by atoms with Crippen LogP contribution in [0.5, 0.6) is 5.75 Å². The molecular formula is C18H26ClNO4S. The number of benzene rings is 1. The van der Waals surface area contributed by atoms with E-state index >= 15 is 0 Å². The van der Waals surface area contributed by atoms with Crippen LogP contribution in [0.15, 0.2) is 23.1 Å². The van der Waals surface area contributed by atoms with Crippen LogP contribution in [0.1, 0.15) is 44.9 Å². The largest absolute Gasteiger partial charge is 0.492 e. The lowest BCUT2D eigenvalue weighted by atomic mass is 9.86. The summed E-state index contributed by atoms with van der Waals surface area (Å²) in [5, 5.41) is 9.59. The van der Waals surface area contributed by atoms with Crippen molar-refractivity contribution in [3.63, 3.8) is 0 Å². The molecular weight excluding hydrogens is 362 g/mol. The van der Waals surface area contributed by atoms with Crippen molar-refractivity contribution in [3.8, 4) is 5.75 Å². The minimum Gasteiger partial charge on any atom is -0.492 e. The van der Waals surface area contributed by atoms with Gasteiger partial charge in [-0.05, 0) is 68.6 Å². The van der Waals surface area contributed by atoms with Gasteiger partial charge in [0, 0.05) is 17.7 Å². The van der Waals surface area contributed by atoms with Gasteiger partial charge in [0.25, 0.3) is 0 Å². The van der Waals surface area contributed by atoms with E-state index in [2.05, 4.69) is 4.72 Å². The molecule has 2 saturated carbocycles. The normalized spacial score (nSPS) is 24.7. The van der Waals surface area contributed by atoms with Crippen molar-refractivity contribution in [2.45, 2.75) is 55.9 Å². The highest BCUT2D eigenvalue weighted by molar-refractivity contribution is 7.89. The van der Waals surface area contributed by atoms with Gasteiger partial charge < -0.3 is 9.84 Å². The van der Waals surface area contributed by atoms with E-state index in [4.69, 9.17) is 16.3 Å². The SMILES string of the molecule is O=S(=O)(NC1CCC(CO)CC1)c1cc(Cl)ccc1OCC1CCC1. The fourth-order valence-electron chi connectivity index (χ4n) is 3.42. The maximum atomic E-state index is 12.9. The molecule has 25 heavy (non-hydrogen) atoms. The van der Waals surface area contributed by atoms with Gasteiger partial charge in [0.15, 0.2) is 0 Å². The van der Waals surface area contributed by atoms with E-state index in [1.807, 2.05) is 0 Å². The predicted octanol–water partition coefficient (Wildman–Crippen LogP) is 3.35. The fraction of sp³-hybridized carbons (Fsp3) is 0.667. The summed E-state index contributed by atoms with van der Waals surface area (Å²) in [6.45, 7) is 0.721. The second-order valence-corrected chi connectivity index (χ2v) is 9.34. The highest BCUT2D eigenvalue weighted by Crippen LogP contribution is 2.32. The van der Waals surface area contributed by atoms with Crippen LogP contribution in [-0.4, -0.2) is 32.8 Å². The Morgan fingerprint density at radius 2 is 1.84 bits per heavy atom. The average Bonchev–Trinajstić information content (AvgIpc) is 2.55. The van der Waals surface area contributed by atoms with Crippen LogP contribution in [0.2, 0.25) is 5.02 Å². The van der Waals surface area contributed by atoms with Gasteiger partial charge in [0.2, 0.25) is 10.0 Å². The maximum absolute atomic E-state index is 12.9. The van der Waals surface area contributed by atoms with Crippen LogP contribution < -0.4 is 9.46 Å². The number of ether oxygens (including phenoxy) is 1. The summed E-state index contributed by atoms with van der Waals surface area (Å²) in [6, 6.07) is 4.65. The summed E-state index contributed by atoms with van der Waals surface area (Å²) in [7, 11) is -3.70. The first kappa shape index (κ1) is 19.0. The van der Waals surface area contributed by atoms with Gasteiger partial charge in [-0.2, -0.15) is 0 Å². The van der Waals surface area contributed by atoms with E-state index in [0.29, 0.717) is 23.3 Å². The molecule has 0 radical (unpaired) electrons. The molecule has 140 valence electrons. The quantitative estimate of drug-likeness (QED) is 0.752. The fourth-order valence-corrected chi connectivity index (χ4v) is 5.14. The molecule has 5 nitrogen and oxygen atoms in total. The van der Waals surface area contributed by atoms with Crippen molar-refractivity contribution in [2.24, 2.45) is 11.8 Å². The lowest BCUT2D eigenvalue weighted by Gasteiger charge is -2.28. The van der Waals surface area contributed by atoms with Crippen LogP contribution in [-0.2, 0) is 10.0 Å². The average molecular weight is 388 g/mol. The Labute approximate surface area is 154 Å². The Balaban J connectivity index is 1.70. The minimum atomic E-state index is -3.70. The molecule has 0 aliphatic heterocycles. The van der Waals surface area contributed by atoms with Crippen molar-refractivity contribution in [1.29, 1.82) is 0 Å². The standard InChI is InChI=1S/C18H26ClNO4S/c19-15-6-9-17(24-12-14-2-1-3-14)18(10-15)25(22,23)20-16-7-4-13(11-21)5-8-16/h6,9-10,13-14,16,20-21H,1-5,7-8,11-12H2. The third kappa shape index (κ3) is 4.88. The molecule has 0 heterocycles. The van der Waals surface area contributed by atoms with Crippen LogP contribution in [0.3, 0.4) is 0 Å². The Kier molecular flexibility index (Phi) is 6.25. The van der Waals surface area contributed by atoms with Crippen molar-refractivity contribution >= 4 is 21.6 Å². The number of rotatable bonds is 7. The zero-order valence-corrected chi connectivity index (χ0v) is 15.9. The van der Waals surface area contributed by atoms with Crippen LogP contribution in [0.4, 0.5) is 0 Å². The summed E-state index contributed by atoms with van der Waals surface area (Å²) < 4.78 is 34.3. The molecule has 0 aromatic heterocycles. The summed E-state index contributed by atoms with van der Waals surface area (Å²) in [5.74, 6) is 1.18. The molecule has 3 rings (SSSR count). The molecule has 2 aliphatic rings. The van der Waals surface area contributed by atoms with Crippen molar-refractivity contribution < 1.29 is 18.3 Å². The van der Waals surface area contributed by atoms with Crippen LogP contribution in [0, 0.1) is 11.8 Å². The third-order valence-electron chi connectivity index (χ3n) is 5.32. The monoisotopic (exact) mass is 387 g/mol. The molecule has 2 aliphatic carbocycles. The number of sulfonamides is 1. The lowest BCUT2D eigenvalue weighted by molar-refractivity contribution is 0.177. The summed E-state index contributed by atoms with van der Waals surface area (Å²) >= 11 is 6.03. The highest BCUT2D eigenvalue weighted by atomic mass is 35.5. The second-order valence-electron chi connectivity index (χ2n) is 7.22. The van der Waals surface area contributed by atoms with Gasteiger partial charge in [-0.1, -0.05) is 18.0 Å². The Morgan fingerprint density at radius 1 is 1.12 bits per heavy atom. The smallest absolute Gasteiger partial charge is 0.244 e. The zero-order chi connectivity index (χ0) is 17.9. The summed E-state index contributed by atoms with van der Waals surface area (Å²) in [6.07, 6.45) is 6.66. The van der Waals surface area contributed by atoms with E-state index < -0.39 is 10.0 Å². The third-order valence-corrected chi connectivity index (χ3v) is 7.10. The van der Waals surface area contributed by atoms with Crippen LogP contribution in [0.25, 0.3) is 0 Å². The summed E-state index contributed by atoms with van der Waals surface area (Å²) in [4.78, 5) is 0.114. The molecule has 0 bridgehead atoms. The lowest BCUT2D eigenvalue weighted by Crippen LogP contribution is -2.38. The second kappa shape index (κ2) is 8.25. The number of halogens is 1. The minimum absolute atomic E-state index is 0.105. The van der Waals surface area contributed by atoms with Crippen molar-refractivity contribution in [1.82, 2.24) is 4.72 Å². The molecule has 0 saturated heterocycles. The molecule has 0 spiro atoms. The Morgan fingerprint density at radius 3 is 2.44 bits per heavy atom. The molecule has 0 atom stereocenters. The number of aliphatic hydroxyl groups is 1. The van der Waals surface area contributed by atoms with Gasteiger partial charge in [-0.3, -0.25) is 0 Å². The zero-order valence-electron chi connectivity index (χ0n) is 14.3. The number of hydrogen-bond acceptors (Lipinski definition) is 4. The van der Waals surface area contributed by atoms with Gasteiger partial charge in [-0.25, -0.2) is 13.1 Å². The molecule has 0 amide bonds. The van der Waals surface area contributed by atoms with E-state index in [-0.39, 0.29) is 23.5 Å². The first-order chi connectivity index (χ1) is 12.0. The predicted molar refractivity (Wildman–Crippen MR) is 97.4 cm³/mol. The number of aliphatic hydroxyl groups excluding tert-OH is 1. The van der Waals surface area contributed by atoms with Gasteiger partial charge in [0.1, 0.15) is 10.6 Å². The van der Waals surface area contributed by atoms with Gasteiger partial charge >= 0.3 is 0 Å². The van der Waals surface area contributed by atoms with Gasteiger partial charge in [0.05, 0.1) is 6.61 Å². The molecule has 1 aromatic rings. The summed E-state index contributed by atoms with van der Waals surface area (Å²) in [5.41, 5.74) is 0. The van der Waals surface area contributed by atoms with Crippen molar-refractivity contribution in [3.05, 3.63) is 23.2 Å². The number of nitrogens with one attached hydrogen (secondary N) is 1. The van der Waals surface area contributed by atoms with Crippen molar-refractivity contribution in [2.75, 3.05) is 13.2 Å². The molecule has 0 unspecified atom stereocenters. The van der Waals surface area contributed by atoms with E-state index in [0.717, 1.165) is 38.5 Å². The molecule has 2 N–H and O–H groups in total. The van der Waals surface area contributed by atoms with Gasteiger partial charge in [-0.15, -0.1) is 0 Å².